The van der Waals surface area contributed by atoms with Crippen molar-refractivity contribution in [3.63, 3.8) is 0 Å². The summed E-state index contributed by atoms with van der Waals surface area (Å²) < 4.78 is 13.4. The van der Waals surface area contributed by atoms with Crippen molar-refractivity contribution in [3.05, 3.63) is 64.8 Å². The fourth-order valence-electron chi connectivity index (χ4n) is 3.43. The molecule has 1 aliphatic heterocycles. The van der Waals surface area contributed by atoms with E-state index in [2.05, 4.69) is 45.2 Å². The van der Waals surface area contributed by atoms with Crippen molar-refractivity contribution in [2.45, 2.75) is 13.5 Å². The maximum absolute atomic E-state index is 5.54. The molecule has 1 saturated heterocycles. The highest BCUT2D eigenvalue weighted by Gasteiger charge is 2.13. The lowest BCUT2D eigenvalue weighted by molar-refractivity contribution is 0.0363. The fourth-order valence-corrected chi connectivity index (χ4v) is 4.39. The van der Waals surface area contributed by atoms with Crippen LogP contribution in [0, 0.1) is 0 Å². The van der Waals surface area contributed by atoms with Crippen LogP contribution in [0.25, 0.3) is 11.3 Å². The Hall–Kier alpha value is -2.41. The minimum absolute atomic E-state index is 0.670. The van der Waals surface area contributed by atoms with Gasteiger partial charge in [0.05, 0.1) is 31.2 Å². The summed E-state index contributed by atoms with van der Waals surface area (Å²) >= 11 is 1.69. The summed E-state index contributed by atoms with van der Waals surface area (Å²) in [4.78, 5) is 8.41. The number of thiazole rings is 1. The molecule has 0 saturated carbocycles. The van der Waals surface area contributed by atoms with E-state index in [-0.39, 0.29) is 0 Å². The Balaban J connectivity index is 1.64. The average Bonchev–Trinajstić information content (AvgIpc) is 3.17. The van der Waals surface area contributed by atoms with Crippen LogP contribution in [0.2, 0.25) is 0 Å². The van der Waals surface area contributed by atoms with E-state index in [1.807, 2.05) is 31.2 Å². The highest BCUT2D eigenvalue weighted by atomic mass is 32.1. The van der Waals surface area contributed by atoms with E-state index in [4.69, 9.17) is 14.5 Å². The van der Waals surface area contributed by atoms with Crippen LogP contribution < -0.4 is 9.54 Å². The first kappa shape index (κ1) is 19.9. The first-order valence-corrected chi connectivity index (χ1v) is 11.0. The number of rotatable bonds is 7. The van der Waals surface area contributed by atoms with Crippen LogP contribution in [0.5, 0.6) is 5.75 Å². The Bertz CT molecular complexity index is 958. The van der Waals surface area contributed by atoms with Crippen LogP contribution in [-0.2, 0) is 11.3 Å². The molecule has 152 valence electrons. The molecule has 2 heterocycles. The number of aromatic nitrogens is 1. The molecule has 1 aromatic heterocycles. The third-order valence-electron chi connectivity index (χ3n) is 4.98. The lowest BCUT2D eigenvalue weighted by Crippen LogP contribution is -2.39. The molecule has 6 heteroatoms. The SMILES string of the molecule is CCOc1ccc(N=c2scc(-c3ccccc3)n2CCN2CCOCC2)cc1. The normalized spacial score (nSPS) is 15.6. The third-order valence-corrected chi connectivity index (χ3v) is 5.85. The third kappa shape index (κ3) is 5.15. The Morgan fingerprint density at radius 1 is 1.00 bits per heavy atom. The van der Waals surface area contributed by atoms with E-state index in [0.717, 1.165) is 55.6 Å². The summed E-state index contributed by atoms with van der Waals surface area (Å²) in [7, 11) is 0. The molecular formula is C23H27N3O2S. The maximum Gasteiger partial charge on any atom is 0.190 e. The lowest BCUT2D eigenvalue weighted by Gasteiger charge is -2.26. The van der Waals surface area contributed by atoms with Crippen molar-refractivity contribution in [2.24, 2.45) is 4.99 Å². The number of morpholine rings is 1. The van der Waals surface area contributed by atoms with Crippen molar-refractivity contribution in [2.75, 3.05) is 39.5 Å². The topological polar surface area (TPSA) is 39.0 Å². The molecule has 2 aromatic carbocycles. The zero-order chi connectivity index (χ0) is 19.9. The van der Waals surface area contributed by atoms with E-state index >= 15 is 0 Å². The molecule has 0 bridgehead atoms. The molecule has 1 fully saturated rings. The summed E-state index contributed by atoms with van der Waals surface area (Å²) in [5.74, 6) is 0.878. The van der Waals surface area contributed by atoms with Crippen LogP contribution in [0.3, 0.4) is 0 Å². The van der Waals surface area contributed by atoms with E-state index < -0.39 is 0 Å². The summed E-state index contributed by atoms with van der Waals surface area (Å²) in [6.45, 7) is 8.20. The second kappa shape index (κ2) is 9.87. The Kier molecular flexibility index (Phi) is 6.77. The number of hydrogen-bond donors (Lipinski definition) is 0. The molecule has 3 aromatic rings. The molecule has 0 N–H and O–H groups in total. The minimum Gasteiger partial charge on any atom is -0.494 e. The largest absolute Gasteiger partial charge is 0.494 e. The Morgan fingerprint density at radius 3 is 2.48 bits per heavy atom. The maximum atomic E-state index is 5.54. The monoisotopic (exact) mass is 409 g/mol. The van der Waals surface area contributed by atoms with E-state index in [1.165, 1.54) is 11.3 Å². The van der Waals surface area contributed by atoms with Gasteiger partial charge in [0.25, 0.3) is 0 Å². The number of ether oxygens (including phenoxy) is 2. The molecule has 0 aliphatic carbocycles. The molecule has 0 atom stereocenters. The summed E-state index contributed by atoms with van der Waals surface area (Å²) in [5.41, 5.74) is 3.38. The Labute approximate surface area is 175 Å². The first-order valence-electron chi connectivity index (χ1n) is 10.1. The molecule has 1 aliphatic rings. The number of benzene rings is 2. The van der Waals surface area contributed by atoms with Gasteiger partial charge < -0.3 is 14.0 Å². The quantitative estimate of drug-likeness (QED) is 0.588. The second-order valence-corrected chi connectivity index (χ2v) is 7.75. The van der Waals surface area contributed by atoms with Crippen molar-refractivity contribution < 1.29 is 9.47 Å². The smallest absolute Gasteiger partial charge is 0.190 e. The molecule has 0 spiro atoms. The van der Waals surface area contributed by atoms with Crippen LogP contribution in [-0.4, -0.2) is 48.9 Å². The van der Waals surface area contributed by atoms with Crippen molar-refractivity contribution in [3.8, 4) is 17.0 Å². The minimum atomic E-state index is 0.670. The zero-order valence-corrected chi connectivity index (χ0v) is 17.6. The van der Waals surface area contributed by atoms with Gasteiger partial charge in [-0.05, 0) is 36.8 Å². The zero-order valence-electron chi connectivity index (χ0n) is 16.8. The molecule has 0 amide bonds. The molecule has 4 rings (SSSR count). The highest BCUT2D eigenvalue weighted by molar-refractivity contribution is 7.07. The van der Waals surface area contributed by atoms with Crippen LogP contribution in [0.1, 0.15) is 6.92 Å². The van der Waals surface area contributed by atoms with Gasteiger partial charge in [-0.15, -0.1) is 11.3 Å². The van der Waals surface area contributed by atoms with Gasteiger partial charge in [-0.1, -0.05) is 30.3 Å². The van der Waals surface area contributed by atoms with Gasteiger partial charge in [-0.2, -0.15) is 0 Å². The number of nitrogens with zero attached hydrogens (tertiary/aromatic N) is 3. The standard InChI is InChI=1S/C23H27N3O2S/c1-2-28-21-10-8-20(9-11-21)24-23-26(13-12-25-14-16-27-17-15-25)22(18-29-23)19-6-4-3-5-7-19/h3-11,18H,2,12-17H2,1H3. The summed E-state index contributed by atoms with van der Waals surface area (Å²) in [6.07, 6.45) is 0. The van der Waals surface area contributed by atoms with Gasteiger partial charge in [-0.25, -0.2) is 4.99 Å². The van der Waals surface area contributed by atoms with Gasteiger partial charge >= 0.3 is 0 Å². The molecule has 0 radical (unpaired) electrons. The van der Waals surface area contributed by atoms with Crippen molar-refractivity contribution >= 4 is 17.0 Å². The number of hydrogen-bond acceptors (Lipinski definition) is 5. The van der Waals surface area contributed by atoms with Gasteiger partial charge in [-0.3, -0.25) is 4.90 Å². The van der Waals surface area contributed by atoms with Crippen molar-refractivity contribution in [1.29, 1.82) is 0 Å². The van der Waals surface area contributed by atoms with Gasteiger partial charge in [0, 0.05) is 31.6 Å². The summed E-state index contributed by atoms with van der Waals surface area (Å²) in [6, 6.07) is 18.5. The molecule has 0 unspecified atom stereocenters. The predicted molar refractivity (Wildman–Crippen MR) is 118 cm³/mol. The second-order valence-electron chi connectivity index (χ2n) is 6.91. The van der Waals surface area contributed by atoms with Crippen LogP contribution in [0.4, 0.5) is 5.69 Å². The van der Waals surface area contributed by atoms with E-state index in [9.17, 15) is 0 Å². The fraction of sp³-hybridized carbons (Fsp3) is 0.348. The first-order chi connectivity index (χ1) is 14.3. The highest BCUT2D eigenvalue weighted by Crippen LogP contribution is 2.22. The summed E-state index contributed by atoms with van der Waals surface area (Å²) in [5, 5.41) is 2.21. The van der Waals surface area contributed by atoms with E-state index in [1.54, 1.807) is 11.3 Å². The molecular weight excluding hydrogens is 382 g/mol. The van der Waals surface area contributed by atoms with Crippen LogP contribution in [0.15, 0.2) is 65.0 Å². The van der Waals surface area contributed by atoms with Gasteiger partial charge in [0.2, 0.25) is 0 Å². The van der Waals surface area contributed by atoms with E-state index in [0.29, 0.717) is 6.61 Å². The Morgan fingerprint density at radius 2 is 1.76 bits per heavy atom. The van der Waals surface area contributed by atoms with Crippen molar-refractivity contribution in [1.82, 2.24) is 9.47 Å². The lowest BCUT2D eigenvalue weighted by atomic mass is 10.2. The van der Waals surface area contributed by atoms with Gasteiger partial charge in [0.1, 0.15) is 5.75 Å². The predicted octanol–water partition coefficient (Wildman–Crippen LogP) is 4.18. The van der Waals surface area contributed by atoms with Gasteiger partial charge in [0.15, 0.2) is 4.80 Å². The average molecular weight is 410 g/mol. The molecule has 29 heavy (non-hydrogen) atoms. The molecule has 5 nitrogen and oxygen atoms in total. The van der Waals surface area contributed by atoms with Crippen LogP contribution >= 0.6 is 11.3 Å².